The molecule has 0 unspecified atom stereocenters. The van der Waals surface area contributed by atoms with Crippen molar-refractivity contribution in [3.8, 4) is 0 Å². The van der Waals surface area contributed by atoms with Gasteiger partial charge < -0.3 is 15.1 Å². The zero-order valence-electron chi connectivity index (χ0n) is 19.1. The Bertz CT molecular complexity index is 1020. The first kappa shape index (κ1) is 23.1. The van der Waals surface area contributed by atoms with Gasteiger partial charge in [-0.25, -0.2) is 9.97 Å². The van der Waals surface area contributed by atoms with Crippen LogP contribution in [0, 0.1) is 0 Å². The number of hydrogen-bond donors (Lipinski definition) is 1. The predicted octanol–water partition coefficient (Wildman–Crippen LogP) is 4.88. The Balaban J connectivity index is 1.26. The standard InChI is InChI=1S/C26H31N5OS/c1-2-3-7-21-10-12-22(13-11-21)29-25(32)19-33-26-18-24(27-20-28-26)31-16-14-30(15-17-31)23-8-5-4-6-9-23/h4-6,8-13,18,20H,2-3,7,14-17,19H2,1H3,(H,29,32). The van der Waals surface area contributed by atoms with Crippen LogP contribution in [0.15, 0.2) is 72.0 Å². The average molecular weight is 462 g/mol. The number of anilines is 3. The summed E-state index contributed by atoms with van der Waals surface area (Å²) in [5.74, 6) is 1.21. The van der Waals surface area contributed by atoms with Gasteiger partial charge in [0, 0.05) is 43.6 Å². The third-order valence-corrected chi connectivity index (χ3v) is 6.69. The maximum absolute atomic E-state index is 12.4. The molecule has 0 radical (unpaired) electrons. The van der Waals surface area contributed by atoms with Crippen molar-refractivity contribution in [3.05, 3.63) is 72.6 Å². The van der Waals surface area contributed by atoms with E-state index in [1.807, 2.05) is 24.3 Å². The van der Waals surface area contributed by atoms with E-state index in [0.29, 0.717) is 5.75 Å². The van der Waals surface area contributed by atoms with Crippen molar-refractivity contribution in [2.75, 3.05) is 47.0 Å². The predicted molar refractivity (Wildman–Crippen MR) is 137 cm³/mol. The van der Waals surface area contributed by atoms with E-state index in [1.54, 1.807) is 6.33 Å². The molecule has 0 aliphatic carbocycles. The third-order valence-electron chi connectivity index (χ3n) is 5.76. The smallest absolute Gasteiger partial charge is 0.234 e. The molecule has 1 N–H and O–H groups in total. The lowest BCUT2D eigenvalue weighted by Crippen LogP contribution is -2.46. The highest BCUT2D eigenvalue weighted by Gasteiger charge is 2.19. The van der Waals surface area contributed by atoms with Gasteiger partial charge in [0.25, 0.3) is 0 Å². The summed E-state index contributed by atoms with van der Waals surface area (Å²) < 4.78 is 0. The summed E-state index contributed by atoms with van der Waals surface area (Å²) in [6.45, 7) is 5.92. The number of para-hydroxylation sites is 1. The number of aryl methyl sites for hydroxylation is 1. The SMILES string of the molecule is CCCCc1ccc(NC(=O)CSc2cc(N3CCN(c4ccccc4)CC3)ncn2)cc1. The Labute approximate surface area is 200 Å². The lowest BCUT2D eigenvalue weighted by Gasteiger charge is -2.36. The van der Waals surface area contributed by atoms with Crippen LogP contribution in [0.25, 0.3) is 0 Å². The van der Waals surface area contributed by atoms with Crippen molar-refractivity contribution < 1.29 is 4.79 Å². The normalized spacial score (nSPS) is 13.7. The quantitative estimate of drug-likeness (QED) is 0.362. The molecule has 1 saturated heterocycles. The highest BCUT2D eigenvalue weighted by molar-refractivity contribution is 7.99. The van der Waals surface area contributed by atoms with Crippen LogP contribution in [0.4, 0.5) is 17.2 Å². The number of unbranched alkanes of at least 4 members (excludes halogenated alkanes) is 1. The number of nitrogens with one attached hydrogen (secondary N) is 1. The van der Waals surface area contributed by atoms with Crippen molar-refractivity contribution in [1.82, 2.24) is 9.97 Å². The van der Waals surface area contributed by atoms with E-state index in [9.17, 15) is 4.79 Å². The van der Waals surface area contributed by atoms with E-state index in [2.05, 4.69) is 68.4 Å². The molecule has 1 aliphatic rings. The van der Waals surface area contributed by atoms with E-state index >= 15 is 0 Å². The lowest BCUT2D eigenvalue weighted by atomic mass is 10.1. The molecule has 2 aromatic carbocycles. The number of carbonyl (C=O) groups excluding carboxylic acids is 1. The number of piperazine rings is 1. The van der Waals surface area contributed by atoms with Gasteiger partial charge in [0.05, 0.1) is 5.75 Å². The molecule has 1 amide bonds. The van der Waals surface area contributed by atoms with Crippen LogP contribution >= 0.6 is 11.8 Å². The van der Waals surface area contributed by atoms with E-state index in [0.717, 1.165) is 49.1 Å². The summed E-state index contributed by atoms with van der Waals surface area (Å²) in [4.78, 5) is 25.9. The van der Waals surface area contributed by atoms with Crippen molar-refractivity contribution in [1.29, 1.82) is 0 Å². The third kappa shape index (κ3) is 6.71. The highest BCUT2D eigenvalue weighted by Crippen LogP contribution is 2.23. The number of amides is 1. The lowest BCUT2D eigenvalue weighted by molar-refractivity contribution is -0.113. The van der Waals surface area contributed by atoms with Crippen molar-refractivity contribution in [2.45, 2.75) is 31.2 Å². The Morgan fingerprint density at radius 1 is 0.970 bits per heavy atom. The van der Waals surface area contributed by atoms with E-state index < -0.39 is 0 Å². The largest absolute Gasteiger partial charge is 0.368 e. The van der Waals surface area contributed by atoms with Crippen molar-refractivity contribution >= 4 is 34.9 Å². The van der Waals surface area contributed by atoms with Crippen LogP contribution in [0.2, 0.25) is 0 Å². The van der Waals surface area contributed by atoms with Gasteiger partial charge in [-0.05, 0) is 42.7 Å². The van der Waals surface area contributed by atoms with Gasteiger partial charge in [0.2, 0.25) is 5.91 Å². The second-order valence-electron chi connectivity index (χ2n) is 8.16. The van der Waals surface area contributed by atoms with E-state index in [-0.39, 0.29) is 5.91 Å². The maximum atomic E-state index is 12.4. The number of aromatic nitrogens is 2. The van der Waals surface area contributed by atoms with Gasteiger partial charge in [-0.15, -0.1) is 0 Å². The molecular weight excluding hydrogens is 430 g/mol. The molecule has 0 atom stereocenters. The van der Waals surface area contributed by atoms with Gasteiger partial charge in [-0.2, -0.15) is 0 Å². The van der Waals surface area contributed by atoms with Crippen LogP contribution < -0.4 is 15.1 Å². The zero-order chi connectivity index (χ0) is 22.9. The Morgan fingerprint density at radius 3 is 2.42 bits per heavy atom. The van der Waals surface area contributed by atoms with Crippen molar-refractivity contribution in [2.24, 2.45) is 0 Å². The summed E-state index contributed by atoms with van der Waals surface area (Å²) in [7, 11) is 0. The molecule has 172 valence electrons. The number of benzene rings is 2. The van der Waals surface area contributed by atoms with Gasteiger partial charge in [0.15, 0.2) is 0 Å². The fourth-order valence-corrected chi connectivity index (χ4v) is 4.55. The molecule has 3 aromatic rings. The molecule has 1 fully saturated rings. The monoisotopic (exact) mass is 461 g/mol. The Hall–Kier alpha value is -3.06. The molecule has 7 heteroatoms. The van der Waals surface area contributed by atoms with E-state index in [1.165, 1.54) is 35.9 Å². The van der Waals surface area contributed by atoms with Crippen molar-refractivity contribution in [3.63, 3.8) is 0 Å². The molecule has 1 aromatic heterocycles. The summed E-state index contributed by atoms with van der Waals surface area (Å²) >= 11 is 1.44. The van der Waals surface area contributed by atoms with Gasteiger partial charge in [0.1, 0.15) is 17.2 Å². The summed E-state index contributed by atoms with van der Waals surface area (Å²) in [5, 5.41) is 3.79. The van der Waals surface area contributed by atoms with E-state index in [4.69, 9.17) is 0 Å². The second-order valence-corrected chi connectivity index (χ2v) is 9.16. The number of carbonyl (C=O) groups is 1. The number of nitrogens with zero attached hydrogens (tertiary/aromatic N) is 4. The molecule has 6 nitrogen and oxygen atoms in total. The molecular formula is C26H31N5OS. The molecule has 0 spiro atoms. The van der Waals surface area contributed by atoms with Crippen LogP contribution in [0.3, 0.4) is 0 Å². The fourth-order valence-electron chi connectivity index (χ4n) is 3.89. The summed E-state index contributed by atoms with van der Waals surface area (Å²) in [6.07, 6.45) is 5.04. The molecule has 33 heavy (non-hydrogen) atoms. The van der Waals surface area contributed by atoms with Crippen LogP contribution in [0.1, 0.15) is 25.3 Å². The molecule has 1 aliphatic heterocycles. The number of hydrogen-bond acceptors (Lipinski definition) is 6. The van der Waals surface area contributed by atoms with Crippen LogP contribution in [-0.2, 0) is 11.2 Å². The average Bonchev–Trinajstić information content (AvgIpc) is 2.88. The topological polar surface area (TPSA) is 61.4 Å². The molecule has 2 heterocycles. The summed E-state index contributed by atoms with van der Waals surface area (Å²) in [5.41, 5.74) is 3.40. The molecule has 0 bridgehead atoms. The first-order valence-electron chi connectivity index (χ1n) is 11.6. The van der Waals surface area contributed by atoms with Gasteiger partial charge in [-0.3, -0.25) is 4.79 Å². The minimum Gasteiger partial charge on any atom is -0.368 e. The highest BCUT2D eigenvalue weighted by atomic mass is 32.2. The maximum Gasteiger partial charge on any atom is 0.234 e. The first-order chi connectivity index (χ1) is 16.2. The van der Waals surface area contributed by atoms with Gasteiger partial charge in [-0.1, -0.05) is 55.4 Å². The van der Waals surface area contributed by atoms with Crippen LogP contribution in [0.5, 0.6) is 0 Å². The summed E-state index contributed by atoms with van der Waals surface area (Å²) in [6, 6.07) is 20.6. The van der Waals surface area contributed by atoms with Crippen LogP contribution in [-0.4, -0.2) is 47.8 Å². The van der Waals surface area contributed by atoms with Gasteiger partial charge >= 0.3 is 0 Å². The zero-order valence-corrected chi connectivity index (χ0v) is 19.9. The minimum absolute atomic E-state index is 0.0297. The first-order valence-corrected chi connectivity index (χ1v) is 12.6. The Kier molecular flexibility index (Phi) is 8.19. The minimum atomic E-state index is -0.0297. The molecule has 0 saturated carbocycles. The Morgan fingerprint density at radius 2 is 1.70 bits per heavy atom. The number of thioether (sulfide) groups is 1. The second kappa shape index (κ2) is 11.7. The number of rotatable bonds is 9. The molecule has 4 rings (SSSR count). The fraction of sp³-hybridized carbons (Fsp3) is 0.346.